The van der Waals surface area contributed by atoms with Gasteiger partial charge in [0.15, 0.2) is 0 Å². The molecule has 1 aromatic heterocycles. The van der Waals surface area contributed by atoms with E-state index in [2.05, 4.69) is 4.98 Å². The number of nitrogens with zero attached hydrogens (tertiary/aromatic N) is 1. The molecule has 96 valence electrons. The molecule has 1 heterocycles. The normalized spacial score (nSPS) is 13.6. The molecular weight excluding hydrogens is 233 g/mol. The molecule has 1 atom stereocenters. The first-order valence-corrected chi connectivity index (χ1v) is 5.31. The van der Waals surface area contributed by atoms with Crippen LogP contribution in [0.2, 0.25) is 0 Å². The minimum atomic E-state index is -4.13. The first-order valence-electron chi connectivity index (χ1n) is 5.31. The van der Waals surface area contributed by atoms with Crippen molar-refractivity contribution in [2.24, 2.45) is 5.73 Å². The van der Waals surface area contributed by atoms with Gasteiger partial charge in [0.2, 0.25) is 0 Å². The van der Waals surface area contributed by atoms with Gasteiger partial charge in [0.25, 0.3) is 0 Å². The van der Waals surface area contributed by atoms with E-state index in [1.807, 2.05) is 0 Å². The number of alkyl halides is 3. The lowest BCUT2D eigenvalue weighted by Gasteiger charge is -2.16. The van der Waals surface area contributed by atoms with Crippen LogP contribution < -0.4 is 5.73 Å². The maximum Gasteiger partial charge on any atom is 0.389 e. The molecule has 0 amide bonds. The van der Waals surface area contributed by atoms with Gasteiger partial charge in [-0.15, -0.1) is 0 Å². The highest BCUT2D eigenvalue weighted by Crippen LogP contribution is 2.22. The van der Waals surface area contributed by atoms with Crippen LogP contribution in [0.5, 0.6) is 0 Å². The summed E-state index contributed by atoms with van der Waals surface area (Å²) in [5, 5.41) is 0. The summed E-state index contributed by atoms with van der Waals surface area (Å²) in [5.74, 6) is 0. The smallest absolute Gasteiger partial charge is 0.372 e. The number of pyridine rings is 1. The molecule has 0 aromatic carbocycles. The van der Waals surface area contributed by atoms with Crippen LogP contribution in [0.4, 0.5) is 13.2 Å². The highest BCUT2D eigenvalue weighted by Gasteiger charge is 2.26. The summed E-state index contributed by atoms with van der Waals surface area (Å²) in [6.07, 6.45) is -2.20. The zero-order valence-electron chi connectivity index (χ0n) is 9.28. The lowest BCUT2D eigenvalue weighted by atomic mass is 10.1. The van der Waals surface area contributed by atoms with Gasteiger partial charge in [-0.2, -0.15) is 13.2 Å². The third-order valence-electron chi connectivity index (χ3n) is 2.19. The molecule has 6 heteroatoms. The van der Waals surface area contributed by atoms with Crippen molar-refractivity contribution in [3.63, 3.8) is 0 Å². The van der Waals surface area contributed by atoms with Gasteiger partial charge in [0, 0.05) is 37.5 Å². The lowest BCUT2D eigenvalue weighted by molar-refractivity contribution is -0.138. The van der Waals surface area contributed by atoms with Crippen molar-refractivity contribution in [1.29, 1.82) is 0 Å². The fourth-order valence-electron chi connectivity index (χ4n) is 1.36. The number of hydrogen-bond donors (Lipinski definition) is 1. The Bertz CT molecular complexity index is 316. The number of ether oxygens (including phenoxy) is 1. The SMILES string of the molecule is NCC(OCCCC(F)(F)F)c1cccnc1. The van der Waals surface area contributed by atoms with Crippen molar-refractivity contribution in [2.45, 2.75) is 25.1 Å². The van der Waals surface area contributed by atoms with E-state index in [0.717, 1.165) is 5.56 Å². The second-order valence-electron chi connectivity index (χ2n) is 3.60. The molecular formula is C11H15F3N2O. The molecule has 1 rings (SSSR count). The molecule has 1 aromatic rings. The van der Waals surface area contributed by atoms with Crippen molar-refractivity contribution >= 4 is 0 Å². The van der Waals surface area contributed by atoms with Crippen molar-refractivity contribution < 1.29 is 17.9 Å². The molecule has 0 radical (unpaired) electrons. The fraction of sp³-hybridized carbons (Fsp3) is 0.545. The first-order chi connectivity index (χ1) is 8.03. The van der Waals surface area contributed by atoms with Crippen molar-refractivity contribution in [3.8, 4) is 0 Å². The van der Waals surface area contributed by atoms with Crippen LogP contribution in [0.1, 0.15) is 24.5 Å². The molecule has 1 unspecified atom stereocenters. The fourth-order valence-corrected chi connectivity index (χ4v) is 1.36. The van der Waals surface area contributed by atoms with Crippen LogP contribution in [-0.4, -0.2) is 24.3 Å². The number of halogens is 3. The monoisotopic (exact) mass is 248 g/mol. The molecule has 0 bridgehead atoms. The van der Waals surface area contributed by atoms with Gasteiger partial charge in [-0.05, 0) is 12.5 Å². The summed E-state index contributed by atoms with van der Waals surface area (Å²) in [5.41, 5.74) is 6.28. The first kappa shape index (κ1) is 13.9. The Morgan fingerprint density at radius 3 is 2.71 bits per heavy atom. The van der Waals surface area contributed by atoms with Gasteiger partial charge >= 0.3 is 6.18 Å². The second kappa shape index (κ2) is 6.56. The largest absolute Gasteiger partial charge is 0.389 e. The molecule has 0 fully saturated rings. The summed E-state index contributed by atoms with van der Waals surface area (Å²) >= 11 is 0. The third-order valence-corrected chi connectivity index (χ3v) is 2.19. The maximum absolute atomic E-state index is 11.9. The van der Waals surface area contributed by atoms with Gasteiger partial charge in [0.05, 0.1) is 6.10 Å². The highest BCUT2D eigenvalue weighted by atomic mass is 19.4. The van der Waals surface area contributed by atoms with E-state index in [-0.39, 0.29) is 19.6 Å². The number of rotatable bonds is 6. The second-order valence-corrected chi connectivity index (χ2v) is 3.60. The average Bonchev–Trinajstić information content (AvgIpc) is 2.29. The van der Waals surface area contributed by atoms with Crippen LogP contribution in [0, 0.1) is 0 Å². The van der Waals surface area contributed by atoms with E-state index in [4.69, 9.17) is 10.5 Å². The average molecular weight is 248 g/mol. The van der Waals surface area contributed by atoms with Gasteiger partial charge in [-0.25, -0.2) is 0 Å². The van der Waals surface area contributed by atoms with Crippen LogP contribution >= 0.6 is 0 Å². The van der Waals surface area contributed by atoms with Crippen molar-refractivity contribution in [3.05, 3.63) is 30.1 Å². The van der Waals surface area contributed by atoms with Gasteiger partial charge in [-0.1, -0.05) is 6.07 Å². The van der Waals surface area contributed by atoms with Gasteiger partial charge in [0.1, 0.15) is 0 Å². The summed E-state index contributed by atoms with van der Waals surface area (Å²) in [6.45, 7) is 0.258. The molecule has 0 aliphatic carbocycles. The van der Waals surface area contributed by atoms with Crippen LogP contribution in [0.25, 0.3) is 0 Å². The zero-order chi connectivity index (χ0) is 12.7. The number of aromatic nitrogens is 1. The van der Waals surface area contributed by atoms with E-state index >= 15 is 0 Å². The lowest BCUT2D eigenvalue weighted by Crippen LogP contribution is -2.17. The quantitative estimate of drug-likeness (QED) is 0.786. The molecule has 0 saturated carbocycles. The molecule has 17 heavy (non-hydrogen) atoms. The Hall–Kier alpha value is -1.14. The van der Waals surface area contributed by atoms with Crippen LogP contribution in [0.3, 0.4) is 0 Å². The van der Waals surface area contributed by atoms with Crippen molar-refractivity contribution in [2.75, 3.05) is 13.2 Å². The zero-order valence-corrected chi connectivity index (χ0v) is 9.28. The molecule has 0 aliphatic rings. The van der Waals surface area contributed by atoms with E-state index in [1.54, 1.807) is 24.5 Å². The minimum absolute atomic E-state index is 0.0380. The molecule has 3 nitrogen and oxygen atoms in total. The predicted molar refractivity (Wildman–Crippen MR) is 57.3 cm³/mol. The minimum Gasteiger partial charge on any atom is -0.372 e. The Morgan fingerprint density at radius 1 is 1.41 bits per heavy atom. The third kappa shape index (κ3) is 5.65. The van der Waals surface area contributed by atoms with Crippen molar-refractivity contribution in [1.82, 2.24) is 4.98 Å². The molecule has 0 aliphatic heterocycles. The Balaban J connectivity index is 2.34. The molecule has 0 spiro atoms. The van der Waals surface area contributed by atoms with E-state index < -0.39 is 18.7 Å². The Labute approximate surface area is 97.8 Å². The van der Waals surface area contributed by atoms with Gasteiger partial charge < -0.3 is 10.5 Å². The Morgan fingerprint density at radius 2 is 2.18 bits per heavy atom. The van der Waals surface area contributed by atoms with E-state index in [1.165, 1.54) is 0 Å². The summed E-state index contributed by atoms with van der Waals surface area (Å²) in [6, 6.07) is 3.52. The standard InChI is InChI=1S/C11H15F3N2O/c12-11(13,14)4-2-6-17-10(7-15)9-3-1-5-16-8-9/h1,3,5,8,10H,2,4,6-7,15H2. The summed E-state index contributed by atoms with van der Waals surface area (Å²) in [7, 11) is 0. The number of nitrogens with two attached hydrogens (primary N) is 1. The molecule has 0 saturated heterocycles. The van der Waals surface area contributed by atoms with E-state index in [9.17, 15) is 13.2 Å². The Kier molecular flexibility index (Phi) is 5.37. The summed E-state index contributed by atoms with van der Waals surface area (Å²) < 4.78 is 41.0. The van der Waals surface area contributed by atoms with Crippen LogP contribution in [0.15, 0.2) is 24.5 Å². The van der Waals surface area contributed by atoms with Crippen LogP contribution in [-0.2, 0) is 4.74 Å². The topological polar surface area (TPSA) is 48.1 Å². The summed E-state index contributed by atoms with van der Waals surface area (Å²) in [4.78, 5) is 3.91. The maximum atomic E-state index is 11.9. The van der Waals surface area contributed by atoms with Gasteiger partial charge in [-0.3, -0.25) is 4.98 Å². The molecule has 2 N–H and O–H groups in total. The number of hydrogen-bond acceptors (Lipinski definition) is 3. The van der Waals surface area contributed by atoms with E-state index in [0.29, 0.717) is 0 Å². The predicted octanol–water partition coefficient (Wildman–Crippen LogP) is 2.44. The highest BCUT2D eigenvalue weighted by molar-refractivity contribution is 5.12.